The second-order valence-corrected chi connectivity index (χ2v) is 8.42. The predicted molar refractivity (Wildman–Crippen MR) is 109 cm³/mol. The van der Waals surface area contributed by atoms with Crippen LogP contribution in [-0.2, 0) is 4.79 Å². The van der Waals surface area contributed by atoms with Gasteiger partial charge in [0.25, 0.3) is 5.56 Å². The zero-order valence-electron chi connectivity index (χ0n) is 15.3. The number of aryl methyl sites for hydroxylation is 1. The van der Waals surface area contributed by atoms with Crippen LogP contribution in [0, 0.1) is 12.7 Å². The van der Waals surface area contributed by atoms with Crippen LogP contribution in [0.5, 0.6) is 0 Å². The number of aromatic amines is 1. The van der Waals surface area contributed by atoms with E-state index in [0.717, 1.165) is 22.4 Å². The van der Waals surface area contributed by atoms with Crippen LogP contribution in [0.15, 0.2) is 34.2 Å². The van der Waals surface area contributed by atoms with Gasteiger partial charge < -0.3 is 10.3 Å². The highest BCUT2D eigenvalue weighted by Crippen LogP contribution is 2.36. The number of amides is 1. The first-order valence-corrected chi connectivity index (χ1v) is 10.4. The number of rotatable bonds is 6. The number of fused-ring (bicyclic) bond motifs is 1. The quantitative estimate of drug-likeness (QED) is 0.478. The molecule has 0 bridgehead atoms. The summed E-state index contributed by atoms with van der Waals surface area (Å²) in [6.45, 7) is 5.86. The summed E-state index contributed by atoms with van der Waals surface area (Å²) < 4.78 is 13.2. The molecule has 0 aliphatic carbocycles. The van der Waals surface area contributed by atoms with Gasteiger partial charge in [-0.05, 0) is 38.0 Å². The average molecular weight is 406 g/mol. The summed E-state index contributed by atoms with van der Waals surface area (Å²) in [6.07, 6.45) is 0.859. The Hall–Kier alpha value is -2.19. The van der Waals surface area contributed by atoms with Gasteiger partial charge in [-0.1, -0.05) is 30.8 Å². The molecule has 8 heteroatoms. The van der Waals surface area contributed by atoms with Crippen molar-refractivity contribution in [3.63, 3.8) is 0 Å². The van der Waals surface area contributed by atoms with E-state index in [1.165, 1.54) is 35.2 Å². The lowest BCUT2D eigenvalue weighted by Crippen LogP contribution is -2.33. The number of hydrogen-bond donors (Lipinski definition) is 2. The van der Waals surface area contributed by atoms with E-state index >= 15 is 0 Å². The summed E-state index contributed by atoms with van der Waals surface area (Å²) in [7, 11) is 0. The largest absolute Gasteiger partial charge is 0.353 e. The number of aromatic nitrogens is 2. The first-order valence-electron chi connectivity index (χ1n) is 8.60. The van der Waals surface area contributed by atoms with Crippen LogP contribution in [0.2, 0.25) is 0 Å². The van der Waals surface area contributed by atoms with E-state index in [1.807, 2.05) is 20.8 Å². The number of benzene rings is 1. The van der Waals surface area contributed by atoms with Crippen molar-refractivity contribution in [3.8, 4) is 11.1 Å². The lowest BCUT2D eigenvalue weighted by Gasteiger charge is -2.10. The van der Waals surface area contributed by atoms with E-state index in [0.29, 0.717) is 15.4 Å². The van der Waals surface area contributed by atoms with Crippen molar-refractivity contribution in [3.05, 3.63) is 45.3 Å². The van der Waals surface area contributed by atoms with Crippen LogP contribution in [-0.4, -0.2) is 27.7 Å². The molecule has 2 N–H and O–H groups in total. The highest BCUT2D eigenvalue weighted by Gasteiger charge is 2.17. The van der Waals surface area contributed by atoms with Gasteiger partial charge in [0.2, 0.25) is 5.91 Å². The normalized spacial score (nSPS) is 12.3. The number of halogens is 1. The highest BCUT2D eigenvalue weighted by atomic mass is 32.2. The molecule has 1 aromatic carbocycles. The first-order chi connectivity index (χ1) is 12.9. The minimum Gasteiger partial charge on any atom is -0.353 e. The number of carbonyl (C=O) groups excluding carboxylic acids is 1. The summed E-state index contributed by atoms with van der Waals surface area (Å²) in [5.41, 5.74) is 1.30. The van der Waals surface area contributed by atoms with Gasteiger partial charge in [0, 0.05) is 16.5 Å². The summed E-state index contributed by atoms with van der Waals surface area (Å²) in [6, 6.07) is 6.18. The van der Waals surface area contributed by atoms with Crippen LogP contribution >= 0.6 is 23.1 Å². The minimum atomic E-state index is -0.322. The van der Waals surface area contributed by atoms with E-state index in [4.69, 9.17) is 0 Å². The average Bonchev–Trinajstić information content (AvgIpc) is 2.97. The van der Waals surface area contributed by atoms with Crippen molar-refractivity contribution in [2.24, 2.45) is 0 Å². The summed E-state index contributed by atoms with van der Waals surface area (Å²) >= 11 is 2.62. The van der Waals surface area contributed by atoms with Crippen molar-refractivity contribution in [2.75, 3.05) is 5.75 Å². The fourth-order valence-corrected chi connectivity index (χ4v) is 4.46. The topological polar surface area (TPSA) is 74.8 Å². The Morgan fingerprint density at radius 1 is 1.37 bits per heavy atom. The lowest BCUT2D eigenvalue weighted by atomic mass is 10.0. The number of H-pyrrole nitrogens is 1. The smallest absolute Gasteiger partial charge is 0.260 e. The molecule has 0 spiro atoms. The zero-order valence-corrected chi connectivity index (χ0v) is 16.9. The Morgan fingerprint density at radius 2 is 2.07 bits per heavy atom. The van der Waals surface area contributed by atoms with Gasteiger partial charge in [0.15, 0.2) is 5.16 Å². The standard InChI is InChI=1S/C19H20FN3O2S2/c1-4-10(2)21-14(24)9-26-19-22-17(25)16-15(11(3)27-18(16)23-19)12-5-7-13(20)8-6-12/h5-8,10H,4,9H2,1-3H3,(H,21,24)(H,22,23,25)/t10-/m0/s1. The molecule has 2 aromatic heterocycles. The van der Waals surface area contributed by atoms with Gasteiger partial charge in [0.1, 0.15) is 10.6 Å². The van der Waals surface area contributed by atoms with E-state index in [1.54, 1.807) is 12.1 Å². The third-order valence-electron chi connectivity index (χ3n) is 4.21. The van der Waals surface area contributed by atoms with Crippen molar-refractivity contribution in [1.82, 2.24) is 15.3 Å². The van der Waals surface area contributed by atoms with Gasteiger partial charge in [-0.2, -0.15) is 0 Å². The molecule has 0 unspecified atom stereocenters. The van der Waals surface area contributed by atoms with Crippen molar-refractivity contribution in [1.29, 1.82) is 0 Å². The van der Waals surface area contributed by atoms with E-state index < -0.39 is 0 Å². The predicted octanol–water partition coefficient (Wildman–Crippen LogP) is 4.11. The van der Waals surface area contributed by atoms with Crippen molar-refractivity contribution >= 4 is 39.2 Å². The number of hydrogen-bond acceptors (Lipinski definition) is 5. The number of nitrogens with one attached hydrogen (secondary N) is 2. The van der Waals surface area contributed by atoms with Crippen LogP contribution < -0.4 is 10.9 Å². The molecule has 142 valence electrons. The molecular formula is C19H20FN3O2S2. The maximum atomic E-state index is 13.2. The van der Waals surface area contributed by atoms with Crippen LogP contribution in [0.1, 0.15) is 25.1 Å². The molecule has 27 heavy (non-hydrogen) atoms. The Labute approximate surface area is 164 Å². The number of thioether (sulfide) groups is 1. The summed E-state index contributed by atoms with van der Waals surface area (Å²) in [5, 5.41) is 3.80. The minimum absolute atomic E-state index is 0.0912. The molecule has 0 aliphatic heterocycles. The van der Waals surface area contributed by atoms with Gasteiger partial charge in [-0.15, -0.1) is 11.3 Å². The van der Waals surface area contributed by atoms with E-state index in [-0.39, 0.29) is 29.1 Å². The van der Waals surface area contributed by atoms with Crippen molar-refractivity contribution in [2.45, 2.75) is 38.4 Å². The molecule has 0 radical (unpaired) electrons. The SMILES string of the molecule is CC[C@H](C)NC(=O)CSc1nc2sc(C)c(-c3ccc(F)cc3)c2c(=O)[nH]1. The molecule has 3 rings (SSSR count). The van der Waals surface area contributed by atoms with Gasteiger partial charge in [-0.25, -0.2) is 9.37 Å². The third kappa shape index (κ3) is 4.39. The lowest BCUT2D eigenvalue weighted by molar-refractivity contribution is -0.119. The molecule has 5 nitrogen and oxygen atoms in total. The molecule has 0 saturated carbocycles. The third-order valence-corrected chi connectivity index (χ3v) is 6.08. The fraction of sp³-hybridized carbons (Fsp3) is 0.316. The molecule has 0 aliphatic rings. The van der Waals surface area contributed by atoms with Gasteiger partial charge >= 0.3 is 0 Å². The molecule has 2 heterocycles. The Balaban J connectivity index is 1.89. The maximum absolute atomic E-state index is 13.2. The monoisotopic (exact) mass is 405 g/mol. The maximum Gasteiger partial charge on any atom is 0.260 e. The summed E-state index contributed by atoms with van der Waals surface area (Å²) in [4.78, 5) is 33.4. The molecule has 1 amide bonds. The second-order valence-electron chi connectivity index (χ2n) is 6.26. The van der Waals surface area contributed by atoms with E-state index in [2.05, 4.69) is 15.3 Å². The summed E-state index contributed by atoms with van der Waals surface area (Å²) in [5.74, 6) is -0.225. The highest BCUT2D eigenvalue weighted by molar-refractivity contribution is 7.99. The number of carbonyl (C=O) groups is 1. The van der Waals surface area contributed by atoms with Gasteiger partial charge in [0.05, 0.1) is 11.1 Å². The van der Waals surface area contributed by atoms with Gasteiger partial charge in [-0.3, -0.25) is 9.59 Å². The Bertz CT molecular complexity index is 1030. The number of thiophene rings is 1. The molecule has 0 saturated heterocycles. The Morgan fingerprint density at radius 3 is 2.74 bits per heavy atom. The first kappa shape index (κ1) is 19.6. The van der Waals surface area contributed by atoms with Crippen LogP contribution in [0.4, 0.5) is 4.39 Å². The van der Waals surface area contributed by atoms with E-state index in [9.17, 15) is 14.0 Å². The molecule has 3 aromatic rings. The number of nitrogens with zero attached hydrogens (tertiary/aromatic N) is 1. The van der Waals surface area contributed by atoms with Crippen LogP contribution in [0.25, 0.3) is 21.3 Å². The molecule has 0 fully saturated rings. The zero-order chi connectivity index (χ0) is 19.6. The van der Waals surface area contributed by atoms with Crippen LogP contribution in [0.3, 0.4) is 0 Å². The fourth-order valence-electron chi connectivity index (χ4n) is 2.68. The second kappa shape index (κ2) is 8.22. The molecule has 1 atom stereocenters. The Kier molecular flexibility index (Phi) is 5.96. The van der Waals surface area contributed by atoms with Crippen molar-refractivity contribution < 1.29 is 9.18 Å². The molecular weight excluding hydrogens is 385 g/mol.